The maximum atomic E-state index is 4.82. The summed E-state index contributed by atoms with van der Waals surface area (Å²) in [5.74, 6) is 0. The maximum Gasteiger partial charge on any atom is 0.130 e. The van der Waals surface area contributed by atoms with Crippen LogP contribution in [0.15, 0.2) is 12.4 Å². The van der Waals surface area contributed by atoms with E-state index in [0.29, 0.717) is 0 Å². The summed E-state index contributed by atoms with van der Waals surface area (Å²) in [5.41, 5.74) is 0. The van der Waals surface area contributed by atoms with Crippen molar-refractivity contribution in [2.24, 2.45) is 0 Å². The minimum Gasteiger partial charge on any atom is -0.355 e. The zero-order valence-corrected chi connectivity index (χ0v) is 6.43. The van der Waals surface area contributed by atoms with Crippen LogP contribution < -0.4 is 0 Å². The lowest BCUT2D eigenvalue weighted by atomic mass is 10.5. The molecule has 0 radical (unpaired) electrons. The van der Waals surface area contributed by atoms with Crippen molar-refractivity contribution in [3.63, 3.8) is 0 Å². The molecule has 0 fully saturated rings. The van der Waals surface area contributed by atoms with Gasteiger partial charge in [0.2, 0.25) is 0 Å². The fraction of sp³-hybridized carbons (Fsp3) is 0.500. The van der Waals surface area contributed by atoms with Crippen LogP contribution in [-0.4, -0.2) is 35.4 Å². The van der Waals surface area contributed by atoms with Crippen molar-refractivity contribution in [1.82, 2.24) is 9.80 Å². The van der Waals surface area contributed by atoms with E-state index in [4.69, 9.17) is 12.2 Å². The summed E-state index contributed by atoms with van der Waals surface area (Å²) in [6.45, 7) is 0. The summed E-state index contributed by atoms with van der Waals surface area (Å²) >= 11 is 4.82. The van der Waals surface area contributed by atoms with E-state index in [2.05, 4.69) is 9.80 Å². The summed E-state index contributed by atoms with van der Waals surface area (Å²) in [6.07, 6.45) is 4.29. The minimum atomic E-state index is 0.278. The van der Waals surface area contributed by atoms with Crippen molar-refractivity contribution in [2.45, 2.75) is 6.17 Å². The molecule has 0 saturated carbocycles. The summed E-state index contributed by atoms with van der Waals surface area (Å²) < 4.78 is 0. The highest BCUT2D eigenvalue weighted by molar-refractivity contribution is 7.79. The summed E-state index contributed by atoms with van der Waals surface area (Å²) in [6, 6.07) is 0. The highest BCUT2D eigenvalue weighted by atomic mass is 32.1. The molecule has 3 heteroatoms. The third-order valence-electron chi connectivity index (χ3n) is 1.49. The maximum absolute atomic E-state index is 4.82. The Kier molecular flexibility index (Phi) is 1.71. The van der Waals surface area contributed by atoms with Crippen molar-refractivity contribution in [3.05, 3.63) is 12.4 Å². The van der Waals surface area contributed by atoms with Gasteiger partial charge in [0.1, 0.15) is 6.17 Å². The van der Waals surface area contributed by atoms with Crippen LogP contribution in [0, 0.1) is 0 Å². The van der Waals surface area contributed by atoms with Gasteiger partial charge in [-0.05, 0) is 0 Å². The lowest BCUT2D eigenvalue weighted by molar-refractivity contribution is 0.285. The van der Waals surface area contributed by atoms with Gasteiger partial charge in [0.05, 0.1) is 0 Å². The molecule has 0 atom stereocenters. The van der Waals surface area contributed by atoms with Gasteiger partial charge in [-0.3, -0.25) is 0 Å². The first kappa shape index (κ1) is 6.55. The molecule has 2 nitrogen and oxygen atoms in total. The molecule has 1 aliphatic rings. The Hall–Kier alpha value is -0.570. The van der Waals surface area contributed by atoms with Crippen molar-refractivity contribution in [2.75, 3.05) is 14.1 Å². The monoisotopic (exact) mass is 142 g/mol. The smallest absolute Gasteiger partial charge is 0.130 e. The van der Waals surface area contributed by atoms with Crippen LogP contribution in [-0.2, 0) is 0 Å². The van der Waals surface area contributed by atoms with Crippen LogP contribution in [0.25, 0.3) is 0 Å². The normalized spacial score (nSPS) is 19.3. The molecule has 1 aliphatic heterocycles. The zero-order valence-electron chi connectivity index (χ0n) is 5.61. The van der Waals surface area contributed by atoms with Gasteiger partial charge in [0.15, 0.2) is 0 Å². The van der Waals surface area contributed by atoms with Crippen molar-refractivity contribution in [1.29, 1.82) is 0 Å². The molecule has 0 aliphatic carbocycles. The molecule has 0 aromatic heterocycles. The average Bonchev–Trinajstić information content (AvgIpc) is 2.12. The number of rotatable bonds is 1. The van der Waals surface area contributed by atoms with Gasteiger partial charge in [0.25, 0.3) is 0 Å². The number of nitrogens with zero attached hydrogens (tertiary/aromatic N) is 2. The molecule has 0 amide bonds. The average molecular weight is 142 g/mol. The molecular formula is C6H10N2S. The first-order valence-electron chi connectivity index (χ1n) is 2.83. The van der Waals surface area contributed by atoms with E-state index >= 15 is 0 Å². The van der Waals surface area contributed by atoms with Gasteiger partial charge >= 0.3 is 0 Å². The second kappa shape index (κ2) is 2.35. The van der Waals surface area contributed by atoms with Gasteiger partial charge in [0, 0.05) is 31.9 Å². The van der Waals surface area contributed by atoms with E-state index in [0.717, 1.165) is 0 Å². The molecule has 0 spiro atoms. The van der Waals surface area contributed by atoms with Gasteiger partial charge < -0.3 is 9.80 Å². The molecule has 1 heterocycles. The van der Waals surface area contributed by atoms with E-state index in [-0.39, 0.29) is 6.17 Å². The first-order chi connectivity index (χ1) is 4.25. The van der Waals surface area contributed by atoms with Crippen LogP contribution in [0.5, 0.6) is 0 Å². The molecule has 50 valence electrons. The molecule has 0 aromatic carbocycles. The van der Waals surface area contributed by atoms with Gasteiger partial charge in [-0.15, -0.1) is 0 Å². The first-order valence-corrected chi connectivity index (χ1v) is 3.30. The molecule has 0 unspecified atom stereocenters. The Morgan fingerprint density at radius 2 is 1.78 bits per heavy atom. The van der Waals surface area contributed by atoms with Crippen molar-refractivity contribution >= 4 is 17.6 Å². The third-order valence-corrected chi connectivity index (χ3v) is 1.74. The van der Waals surface area contributed by atoms with Crippen LogP contribution in [0.3, 0.4) is 0 Å². The second-order valence-electron chi connectivity index (χ2n) is 2.18. The van der Waals surface area contributed by atoms with Crippen LogP contribution in [0.1, 0.15) is 0 Å². The van der Waals surface area contributed by atoms with Crippen LogP contribution in [0.2, 0.25) is 0 Å². The number of thiocarbonyl (C=S) groups is 1. The summed E-state index contributed by atoms with van der Waals surface area (Å²) in [4.78, 5) is 4.12. The Morgan fingerprint density at radius 3 is 2.00 bits per heavy atom. The van der Waals surface area contributed by atoms with Crippen LogP contribution in [0.4, 0.5) is 0 Å². The Bertz CT molecular complexity index is 132. The van der Waals surface area contributed by atoms with Crippen LogP contribution >= 0.6 is 12.2 Å². The van der Waals surface area contributed by atoms with Gasteiger partial charge in [-0.1, -0.05) is 12.2 Å². The molecule has 0 aromatic rings. The lowest BCUT2D eigenvalue weighted by Crippen LogP contribution is -2.34. The topological polar surface area (TPSA) is 6.48 Å². The van der Waals surface area contributed by atoms with Crippen molar-refractivity contribution < 1.29 is 0 Å². The predicted molar refractivity (Wildman–Crippen MR) is 42.1 cm³/mol. The zero-order chi connectivity index (χ0) is 6.85. The highest BCUT2D eigenvalue weighted by Gasteiger charge is 2.15. The molecule has 0 N–H and O–H groups in total. The van der Waals surface area contributed by atoms with Gasteiger partial charge in [-0.2, -0.15) is 0 Å². The highest BCUT2D eigenvalue weighted by Crippen LogP contribution is 2.08. The Morgan fingerprint density at radius 1 is 1.33 bits per heavy atom. The van der Waals surface area contributed by atoms with E-state index < -0.39 is 0 Å². The Balaban J connectivity index is 2.63. The standard InChI is InChI=1S/C6H10N2S/c1-7-3-4-8(2)6(7)5-9/h3-6H,1-2H3. The molecule has 9 heavy (non-hydrogen) atoms. The molecule has 1 rings (SSSR count). The lowest BCUT2D eigenvalue weighted by Gasteiger charge is -2.22. The van der Waals surface area contributed by atoms with E-state index in [1.54, 1.807) is 5.37 Å². The van der Waals surface area contributed by atoms with E-state index in [1.807, 2.05) is 26.5 Å². The largest absolute Gasteiger partial charge is 0.355 e. The van der Waals surface area contributed by atoms with Gasteiger partial charge in [-0.25, -0.2) is 0 Å². The summed E-state index contributed by atoms with van der Waals surface area (Å²) in [7, 11) is 4.01. The molecular weight excluding hydrogens is 132 g/mol. The summed E-state index contributed by atoms with van der Waals surface area (Å²) in [5, 5.41) is 1.75. The fourth-order valence-electron chi connectivity index (χ4n) is 0.866. The quantitative estimate of drug-likeness (QED) is 0.497. The number of hydrogen-bond acceptors (Lipinski definition) is 3. The number of hydrogen-bond donors (Lipinski definition) is 0. The Labute approximate surface area is 60.7 Å². The fourth-order valence-corrected chi connectivity index (χ4v) is 1.25. The SMILES string of the molecule is CN1C=CN(C)C1C=S. The molecule has 0 saturated heterocycles. The predicted octanol–water partition coefficient (Wildman–Crippen LogP) is 0.661. The third kappa shape index (κ3) is 1.05. The van der Waals surface area contributed by atoms with Crippen molar-refractivity contribution in [3.8, 4) is 0 Å². The minimum absolute atomic E-state index is 0.278. The molecule has 0 bridgehead atoms. The second-order valence-corrected chi connectivity index (χ2v) is 2.45. The van der Waals surface area contributed by atoms with E-state index in [9.17, 15) is 0 Å². The van der Waals surface area contributed by atoms with E-state index in [1.165, 1.54) is 0 Å².